The average Bonchev–Trinajstić information content (AvgIpc) is 2.46. The van der Waals surface area contributed by atoms with Crippen LogP contribution in [0.5, 0.6) is 0 Å². The van der Waals surface area contributed by atoms with E-state index in [1.807, 2.05) is 0 Å². The molecule has 3 nitrogen and oxygen atoms in total. The van der Waals surface area contributed by atoms with Gasteiger partial charge >= 0.3 is 5.97 Å². The summed E-state index contributed by atoms with van der Waals surface area (Å²) in [5.41, 5.74) is 0. The third-order valence-corrected chi connectivity index (χ3v) is 3.74. The molecule has 0 bridgehead atoms. The van der Waals surface area contributed by atoms with Gasteiger partial charge in [0.05, 0.1) is 13.0 Å². The van der Waals surface area contributed by atoms with Crippen LogP contribution in [-0.4, -0.2) is 25.7 Å². The molecule has 0 aromatic rings. The molecule has 0 heterocycles. The van der Waals surface area contributed by atoms with Crippen molar-refractivity contribution in [3.05, 3.63) is 0 Å². The number of unbranched alkanes of at least 4 members (excludes halogenated alkanes) is 4. The highest BCUT2D eigenvalue weighted by Gasteiger charge is 2.09. The number of esters is 1. The molecule has 1 unspecified atom stereocenters. The van der Waals surface area contributed by atoms with E-state index in [1.165, 1.54) is 44.9 Å². The molecule has 0 rings (SSSR count). The minimum absolute atomic E-state index is 0.0546. The molecule has 0 saturated carbocycles. The van der Waals surface area contributed by atoms with Crippen LogP contribution >= 0.6 is 0 Å². The van der Waals surface area contributed by atoms with Crippen molar-refractivity contribution in [2.24, 2.45) is 5.92 Å². The lowest BCUT2D eigenvalue weighted by atomic mass is 10.0. The molecule has 0 amide bonds. The van der Waals surface area contributed by atoms with Crippen LogP contribution in [-0.2, 0) is 9.53 Å². The molecule has 0 aromatic carbocycles. The van der Waals surface area contributed by atoms with E-state index in [0.717, 1.165) is 19.5 Å². The standard InChI is InChI=1S/C17H35NO2/c1-4-7-9-10-13-18-14-12-17(19)20-15-16(6-3)11-8-5-2/h16,18H,4-15H2,1-3H3. The van der Waals surface area contributed by atoms with Gasteiger partial charge in [-0.05, 0) is 25.3 Å². The van der Waals surface area contributed by atoms with E-state index in [4.69, 9.17) is 4.74 Å². The Morgan fingerprint density at radius 1 is 1.00 bits per heavy atom. The molecule has 0 spiro atoms. The lowest BCUT2D eigenvalue weighted by Crippen LogP contribution is -2.21. The number of carbonyl (C=O) groups excluding carboxylic acids is 1. The molecule has 3 heteroatoms. The first-order valence-corrected chi connectivity index (χ1v) is 8.60. The highest BCUT2D eigenvalue weighted by Crippen LogP contribution is 2.13. The van der Waals surface area contributed by atoms with E-state index in [9.17, 15) is 4.79 Å². The van der Waals surface area contributed by atoms with Crippen LogP contribution in [0.4, 0.5) is 0 Å². The van der Waals surface area contributed by atoms with E-state index in [0.29, 0.717) is 18.9 Å². The molecule has 1 N–H and O–H groups in total. The van der Waals surface area contributed by atoms with Gasteiger partial charge in [-0.3, -0.25) is 4.79 Å². The van der Waals surface area contributed by atoms with Crippen molar-refractivity contribution in [1.29, 1.82) is 0 Å². The topological polar surface area (TPSA) is 38.3 Å². The quantitative estimate of drug-likeness (QED) is 0.382. The van der Waals surface area contributed by atoms with Crippen molar-refractivity contribution in [3.8, 4) is 0 Å². The monoisotopic (exact) mass is 285 g/mol. The van der Waals surface area contributed by atoms with Crippen molar-refractivity contribution < 1.29 is 9.53 Å². The summed E-state index contributed by atoms with van der Waals surface area (Å²) in [4.78, 5) is 11.6. The number of ether oxygens (including phenoxy) is 1. The second-order valence-corrected chi connectivity index (χ2v) is 5.66. The summed E-state index contributed by atoms with van der Waals surface area (Å²) >= 11 is 0. The summed E-state index contributed by atoms with van der Waals surface area (Å²) in [7, 11) is 0. The SMILES string of the molecule is CCCCCCNCCC(=O)OCC(CC)CCCC. The molecular weight excluding hydrogens is 250 g/mol. The second-order valence-electron chi connectivity index (χ2n) is 5.66. The Morgan fingerprint density at radius 3 is 2.40 bits per heavy atom. The van der Waals surface area contributed by atoms with Crippen LogP contribution in [0, 0.1) is 5.92 Å². The van der Waals surface area contributed by atoms with Crippen LogP contribution in [0.15, 0.2) is 0 Å². The van der Waals surface area contributed by atoms with Gasteiger partial charge in [-0.25, -0.2) is 0 Å². The van der Waals surface area contributed by atoms with Crippen molar-refractivity contribution >= 4 is 5.97 Å². The summed E-state index contributed by atoms with van der Waals surface area (Å²) in [6.45, 7) is 8.95. The van der Waals surface area contributed by atoms with Crippen LogP contribution in [0.25, 0.3) is 0 Å². The van der Waals surface area contributed by atoms with Gasteiger partial charge in [0.15, 0.2) is 0 Å². The maximum absolute atomic E-state index is 11.6. The normalized spacial score (nSPS) is 12.3. The largest absolute Gasteiger partial charge is 0.465 e. The molecule has 0 aliphatic carbocycles. The number of carbonyl (C=O) groups is 1. The van der Waals surface area contributed by atoms with Crippen LogP contribution < -0.4 is 5.32 Å². The van der Waals surface area contributed by atoms with Crippen molar-refractivity contribution in [2.45, 2.75) is 78.6 Å². The first kappa shape index (κ1) is 19.4. The summed E-state index contributed by atoms with van der Waals surface area (Å²) < 4.78 is 5.36. The molecule has 0 fully saturated rings. The summed E-state index contributed by atoms with van der Waals surface area (Å²) in [6, 6.07) is 0. The van der Waals surface area contributed by atoms with Gasteiger partial charge in [0.25, 0.3) is 0 Å². The van der Waals surface area contributed by atoms with Gasteiger partial charge < -0.3 is 10.1 Å². The zero-order chi connectivity index (χ0) is 15.1. The first-order valence-electron chi connectivity index (χ1n) is 8.60. The van der Waals surface area contributed by atoms with E-state index >= 15 is 0 Å². The number of nitrogens with one attached hydrogen (secondary N) is 1. The van der Waals surface area contributed by atoms with Gasteiger partial charge in [-0.2, -0.15) is 0 Å². The Bertz CT molecular complexity index is 219. The van der Waals surface area contributed by atoms with E-state index in [2.05, 4.69) is 26.1 Å². The number of rotatable bonds is 14. The highest BCUT2D eigenvalue weighted by molar-refractivity contribution is 5.69. The van der Waals surface area contributed by atoms with E-state index in [1.54, 1.807) is 0 Å². The summed E-state index contributed by atoms with van der Waals surface area (Å²) in [5.74, 6) is 0.488. The first-order chi connectivity index (χ1) is 9.74. The molecular formula is C17H35NO2. The molecule has 120 valence electrons. The summed E-state index contributed by atoms with van der Waals surface area (Å²) in [6.07, 6.45) is 10.3. The maximum atomic E-state index is 11.6. The van der Waals surface area contributed by atoms with E-state index in [-0.39, 0.29) is 5.97 Å². The minimum Gasteiger partial charge on any atom is -0.465 e. The summed E-state index contributed by atoms with van der Waals surface area (Å²) in [5, 5.41) is 3.31. The Morgan fingerprint density at radius 2 is 1.75 bits per heavy atom. The zero-order valence-corrected chi connectivity index (χ0v) is 13.9. The van der Waals surface area contributed by atoms with Gasteiger partial charge in [-0.15, -0.1) is 0 Å². The fourth-order valence-corrected chi connectivity index (χ4v) is 2.17. The Labute approximate surface area is 125 Å². The van der Waals surface area contributed by atoms with Crippen LogP contribution in [0.1, 0.15) is 78.6 Å². The molecule has 20 heavy (non-hydrogen) atoms. The van der Waals surface area contributed by atoms with Crippen molar-refractivity contribution in [2.75, 3.05) is 19.7 Å². The highest BCUT2D eigenvalue weighted by atomic mass is 16.5. The molecule has 0 radical (unpaired) electrons. The second kappa shape index (κ2) is 14.8. The predicted octanol–water partition coefficient (Wildman–Crippen LogP) is 4.31. The fraction of sp³-hybridized carbons (Fsp3) is 0.941. The molecule has 0 aliphatic rings. The third-order valence-electron chi connectivity index (χ3n) is 3.74. The van der Waals surface area contributed by atoms with Gasteiger partial charge in [0, 0.05) is 6.54 Å². The van der Waals surface area contributed by atoms with Gasteiger partial charge in [0.1, 0.15) is 0 Å². The smallest absolute Gasteiger partial charge is 0.307 e. The van der Waals surface area contributed by atoms with Crippen LogP contribution in [0.3, 0.4) is 0 Å². The lowest BCUT2D eigenvalue weighted by Gasteiger charge is -2.14. The van der Waals surface area contributed by atoms with Crippen molar-refractivity contribution in [3.63, 3.8) is 0 Å². The zero-order valence-electron chi connectivity index (χ0n) is 13.9. The lowest BCUT2D eigenvalue weighted by molar-refractivity contribution is -0.145. The van der Waals surface area contributed by atoms with Crippen molar-refractivity contribution in [1.82, 2.24) is 5.32 Å². The Kier molecular flexibility index (Phi) is 14.4. The average molecular weight is 285 g/mol. The Balaban J connectivity index is 3.43. The predicted molar refractivity (Wildman–Crippen MR) is 85.9 cm³/mol. The number of hydrogen-bond donors (Lipinski definition) is 1. The minimum atomic E-state index is -0.0546. The molecule has 0 saturated heterocycles. The maximum Gasteiger partial charge on any atom is 0.307 e. The van der Waals surface area contributed by atoms with E-state index < -0.39 is 0 Å². The Hall–Kier alpha value is -0.570. The van der Waals surface area contributed by atoms with Gasteiger partial charge in [0.2, 0.25) is 0 Å². The van der Waals surface area contributed by atoms with Crippen LogP contribution in [0.2, 0.25) is 0 Å². The van der Waals surface area contributed by atoms with Gasteiger partial charge in [-0.1, -0.05) is 59.3 Å². The fourth-order valence-electron chi connectivity index (χ4n) is 2.17. The molecule has 0 aliphatic heterocycles. The third kappa shape index (κ3) is 12.5. The molecule has 0 aromatic heterocycles. The number of hydrogen-bond acceptors (Lipinski definition) is 3. The molecule has 1 atom stereocenters.